The predicted molar refractivity (Wildman–Crippen MR) is 84.3 cm³/mol. The van der Waals surface area contributed by atoms with E-state index in [-0.39, 0.29) is 11.9 Å². The average molecular weight is 354 g/mol. The van der Waals surface area contributed by atoms with E-state index >= 15 is 0 Å². The number of halogens is 1. The molecule has 0 aromatic heterocycles. The second-order valence-electron chi connectivity index (χ2n) is 5.65. The molecule has 0 radical (unpaired) electrons. The van der Waals surface area contributed by atoms with Gasteiger partial charge in [0.1, 0.15) is 0 Å². The molecule has 0 bridgehead atoms. The zero-order chi connectivity index (χ0) is 15.4. The topological polar surface area (TPSA) is 66.4 Å². The number of nitrogens with one attached hydrogen (secondary N) is 1. The van der Waals surface area contributed by atoms with E-state index in [0.717, 1.165) is 35.7 Å². The Kier molecular flexibility index (Phi) is 5.39. The van der Waals surface area contributed by atoms with Crippen LogP contribution in [0.4, 0.5) is 0 Å². The van der Waals surface area contributed by atoms with Crippen LogP contribution in [0.5, 0.6) is 0 Å². The minimum Gasteiger partial charge on any atom is -0.481 e. The molecule has 1 aliphatic rings. The minimum absolute atomic E-state index is 0.208. The van der Waals surface area contributed by atoms with Crippen molar-refractivity contribution in [2.45, 2.75) is 45.1 Å². The first-order valence-corrected chi connectivity index (χ1v) is 8.08. The molecule has 0 unspecified atom stereocenters. The van der Waals surface area contributed by atoms with Crippen molar-refractivity contribution in [2.75, 3.05) is 0 Å². The molecule has 21 heavy (non-hydrogen) atoms. The van der Waals surface area contributed by atoms with Gasteiger partial charge in [-0.25, -0.2) is 0 Å². The highest BCUT2D eigenvalue weighted by atomic mass is 79.9. The number of carbonyl (C=O) groups is 2. The second-order valence-corrected chi connectivity index (χ2v) is 6.50. The lowest BCUT2D eigenvalue weighted by Crippen LogP contribution is -2.42. The Morgan fingerprint density at radius 3 is 2.62 bits per heavy atom. The average Bonchev–Trinajstić information content (AvgIpc) is 2.63. The van der Waals surface area contributed by atoms with Crippen molar-refractivity contribution in [2.24, 2.45) is 5.92 Å². The van der Waals surface area contributed by atoms with E-state index in [1.54, 1.807) is 6.07 Å². The van der Waals surface area contributed by atoms with E-state index < -0.39 is 11.9 Å². The first-order chi connectivity index (χ1) is 9.99. The molecule has 2 rings (SSSR count). The van der Waals surface area contributed by atoms with E-state index in [9.17, 15) is 14.7 Å². The molecule has 0 aliphatic heterocycles. The molecule has 1 aliphatic carbocycles. The molecule has 0 spiro atoms. The smallest absolute Gasteiger partial charge is 0.308 e. The van der Waals surface area contributed by atoms with Crippen LogP contribution in [0.1, 0.15) is 48.0 Å². The van der Waals surface area contributed by atoms with E-state index in [0.29, 0.717) is 12.0 Å². The van der Waals surface area contributed by atoms with E-state index in [1.807, 2.05) is 19.1 Å². The summed E-state index contributed by atoms with van der Waals surface area (Å²) in [7, 11) is 0. The molecular weight excluding hydrogens is 334 g/mol. The van der Waals surface area contributed by atoms with Gasteiger partial charge in [-0.15, -0.1) is 0 Å². The van der Waals surface area contributed by atoms with Crippen molar-refractivity contribution < 1.29 is 14.7 Å². The van der Waals surface area contributed by atoms with E-state index in [4.69, 9.17) is 0 Å². The molecule has 1 aromatic carbocycles. The van der Waals surface area contributed by atoms with Crippen molar-refractivity contribution >= 4 is 27.8 Å². The minimum atomic E-state index is -0.815. The standard InChI is InChI=1S/C16H20BrNO3/c1-10-7-8-11(13(17)9-10)15(19)18-14-6-4-2-3-5-12(14)16(20)21/h7-9,12,14H,2-6H2,1H3,(H,18,19)(H,20,21)/t12-,14+/m1/s1. The Balaban J connectivity index is 2.14. The van der Waals surface area contributed by atoms with Gasteiger partial charge in [0, 0.05) is 10.5 Å². The van der Waals surface area contributed by atoms with E-state index in [1.165, 1.54) is 0 Å². The van der Waals surface area contributed by atoms with Crippen LogP contribution in [0.2, 0.25) is 0 Å². The van der Waals surface area contributed by atoms with Crippen molar-refractivity contribution in [1.82, 2.24) is 5.32 Å². The SMILES string of the molecule is Cc1ccc(C(=O)N[C@H]2CCCCC[C@H]2C(=O)O)c(Br)c1. The molecule has 1 aromatic rings. The molecule has 114 valence electrons. The summed E-state index contributed by atoms with van der Waals surface area (Å²) < 4.78 is 0.737. The normalized spacial score (nSPS) is 22.4. The van der Waals surface area contributed by atoms with Gasteiger partial charge in [-0.05, 0) is 53.4 Å². The number of carboxylic acids is 1. The summed E-state index contributed by atoms with van der Waals surface area (Å²) in [5.74, 6) is -1.51. The molecule has 1 amide bonds. The van der Waals surface area contributed by atoms with Crippen molar-refractivity contribution in [1.29, 1.82) is 0 Å². The fraction of sp³-hybridized carbons (Fsp3) is 0.500. The molecular formula is C16H20BrNO3. The highest BCUT2D eigenvalue weighted by Crippen LogP contribution is 2.25. The maximum absolute atomic E-state index is 12.4. The van der Waals surface area contributed by atoms with Gasteiger partial charge in [-0.3, -0.25) is 9.59 Å². The maximum Gasteiger partial charge on any atom is 0.308 e. The third-order valence-electron chi connectivity index (χ3n) is 4.02. The molecule has 0 heterocycles. The van der Waals surface area contributed by atoms with Crippen molar-refractivity contribution in [3.05, 3.63) is 33.8 Å². The summed E-state index contributed by atoms with van der Waals surface area (Å²) in [6, 6.07) is 5.24. The number of rotatable bonds is 3. The second kappa shape index (κ2) is 7.07. The number of aryl methyl sites for hydroxylation is 1. The maximum atomic E-state index is 12.4. The van der Waals surface area contributed by atoms with Crippen LogP contribution in [-0.2, 0) is 4.79 Å². The van der Waals surface area contributed by atoms with Crippen molar-refractivity contribution in [3.8, 4) is 0 Å². The van der Waals surface area contributed by atoms with Gasteiger partial charge < -0.3 is 10.4 Å². The van der Waals surface area contributed by atoms with Gasteiger partial charge >= 0.3 is 5.97 Å². The Morgan fingerprint density at radius 2 is 1.95 bits per heavy atom. The number of hydrogen-bond acceptors (Lipinski definition) is 2. The van der Waals surface area contributed by atoms with E-state index in [2.05, 4.69) is 21.2 Å². The summed E-state index contributed by atoms with van der Waals surface area (Å²) in [6.07, 6.45) is 4.27. The van der Waals surface area contributed by atoms with Gasteiger partial charge in [0.25, 0.3) is 5.91 Å². The van der Waals surface area contributed by atoms with Crippen molar-refractivity contribution in [3.63, 3.8) is 0 Å². The molecule has 2 atom stereocenters. The molecule has 4 nitrogen and oxygen atoms in total. The van der Waals surface area contributed by atoms with Gasteiger partial charge in [-0.1, -0.05) is 25.3 Å². The summed E-state index contributed by atoms with van der Waals surface area (Å²) in [4.78, 5) is 23.8. The number of carboxylic acid groups (broad SMARTS) is 1. The van der Waals surface area contributed by atoms with Crippen LogP contribution in [0.3, 0.4) is 0 Å². The quantitative estimate of drug-likeness (QED) is 0.817. The van der Waals surface area contributed by atoms with Crippen LogP contribution in [-0.4, -0.2) is 23.0 Å². The van der Waals surface area contributed by atoms with Gasteiger partial charge in [-0.2, -0.15) is 0 Å². The van der Waals surface area contributed by atoms with Crippen LogP contribution >= 0.6 is 15.9 Å². The van der Waals surface area contributed by atoms with Gasteiger partial charge in [0.15, 0.2) is 0 Å². The fourth-order valence-electron chi connectivity index (χ4n) is 2.83. The van der Waals surface area contributed by atoms with Crippen LogP contribution < -0.4 is 5.32 Å². The van der Waals surface area contributed by atoms with Gasteiger partial charge in [0.05, 0.1) is 11.5 Å². The lowest BCUT2D eigenvalue weighted by atomic mass is 9.94. The number of amides is 1. The highest BCUT2D eigenvalue weighted by Gasteiger charge is 2.31. The predicted octanol–water partition coefficient (Wildman–Crippen LogP) is 3.52. The Labute approximate surface area is 133 Å². The third-order valence-corrected chi connectivity index (χ3v) is 4.67. The number of aliphatic carboxylic acids is 1. The zero-order valence-electron chi connectivity index (χ0n) is 12.1. The largest absolute Gasteiger partial charge is 0.481 e. The Hall–Kier alpha value is -1.36. The fourth-order valence-corrected chi connectivity index (χ4v) is 3.50. The molecule has 2 N–H and O–H groups in total. The first-order valence-electron chi connectivity index (χ1n) is 7.29. The Morgan fingerprint density at radius 1 is 1.24 bits per heavy atom. The summed E-state index contributed by atoms with van der Waals surface area (Å²) in [5.41, 5.74) is 1.62. The molecule has 1 fully saturated rings. The van der Waals surface area contributed by atoms with Crippen LogP contribution in [0.15, 0.2) is 22.7 Å². The lowest BCUT2D eigenvalue weighted by molar-refractivity contribution is -0.142. The highest BCUT2D eigenvalue weighted by molar-refractivity contribution is 9.10. The van der Waals surface area contributed by atoms with Crippen LogP contribution in [0, 0.1) is 12.8 Å². The zero-order valence-corrected chi connectivity index (χ0v) is 13.6. The summed E-state index contributed by atoms with van der Waals surface area (Å²) >= 11 is 3.39. The summed E-state index contributed by atoms with van der Waals surface area (Å²) in [6.45, 7) is 1.96. The lowest BCUT2D eigenvalue weighted by Gasteiger charge is -2.23. The number of benzene rings is 1. The molecule has 0 saturated heterocycles. The van der Waals surface area contributed by atoms with Crippen LogP contribution in [0.25, 0.3) is 0 Å². The first kappa shape index (κ1) is 16.0. The number of carbonyl (C=O) groups excluding carboxylic acids is 1. The molecule has 5 heteroatoms. The Bertz CT molecular complexity index is 544. The number of hydrogen-bond donors (Lipinski definition) is 2. The third kappa shape index (κ3) is 4.06. The van der Waals surface area contributed by atoms with Gasteiger partial charge in [0.2, 0.25) is 0 Å². The summed E-state index contributed by atoms with van der Waals surface area (Å²) in [5, 5.41) is 12.3. The molecule has 1 saturated carbocycles. The monoisotopic (exact) mass is 353 g/mol.